The summed E-state index contributed by atoms with van der Waals surface area (Å²) in [5.74, 6) is -0.596. The Morgan fingerprint density at radius 1 is 1.37 bits per heavy atom. The second-order valence-electron chi connectivity index (χ2n) is 5.19. The van der Waals surface area contributed by atoms with Crippen LogP contribution in [0, 0.1) is 5.82 Å². The van der Waals surface area contributed by atoms with Crippen molar-refractivity contribution in [1.29, 1.82) is 0 Å². The summed E-state index contributed by atoms with van der Waals surface area (Å²) in [6, 6.07) is 3.07. The summed E-state index contributed by atoms with van der Waals surface area (Å²) in [7, 11) is 0. The SMILES string of the molecule is C[C@@H]1CCC[C@H](C)N1C(=O)c1cc(N)c(F)cc1Br. The second-order valence-corrected chi connectivity index (χ2v) is 6.05. The Kier molecular flexibility index (Phi) is 4.13. The molecular formula is C14H18BrFN2O. The van der Waals surface area contributed by atoms with Crippen LogP contribution in [-0.4, -0.2) is 22.9 Å². The molecule has 1 aliphatic heterocycles. The summed E-state index contributed by atoms with van der Waals surface area (Å²) in [5, 5.41) is 0. The van der Waals surface area contributed by atoms with Gasteiger partial charge in [0.1, 0.15) is 5.82 Å². The van der Waals surface area contributed by atoms with Crippen LogP contribution >= 0.6 is 15.9 Å². The lowest BCUT2D eigenvalue weighted by atomic mass is 9.96. The van der Waals surface area contributed by atoms with Gasteiger partial charge in [0.2, 0.25) is 0 Å². The molecule has 0 bridgehead atoms. The van der Waals surface area contributed by atoms with E-state index in [0.29, 0.717) is 10.0 Å². The minimum absolute atomic E-state index is 0.00358. The molecule has 104 valence electrons. The van der Waals surface area contributed by atoms with Gasteiger partial charge in [-0.15, -0.1) is 0 Å². The number of halogens is 2. The first kappa shape index (κ1) is 14.3. The molecule has 0 aliphatic carbocycles. The smallest absolute Gasteiger partial charge is 0.255 e. The highest BCUT2D eigenvalue weighted by Crippen LogP contribution is 2.29. The molecule has 1 amide bonds. The normalized spacial score (nSPS) is 23.5. The number of hydrogen-bond acceptors (Lipinski definition) is 2. The van der Waals surface area contributed by atoms with Crippen LogP contribution in [0.25, 0.3) is 0 Å². The van der Waals surface area contributed by atoms with E-state index in [1.807, 2.05) is 18.7 Å². The van der Waals surface area contributed by atoms with E-state index < -0.39 is 5.82 Å². The van der Waals surface area contributed by atoms with Gasteiger partial charge in [-0.1, -0.05) is 0 Å². The second kappa shape index (κ2) is 5.49. The van der Waals surface area contributed by atoms with Crippen molar-refractivity contribution < 1.29 is 9.18 Å². The Morgan fingerprint density at radius 2 is 1.95 bits per heavy atom. The number of likely N-dealkylation sites (tertiary alicyclic amines) is 1. The fraction of sp³-hybridized carbons (Fsp3) is 0.500. The van der Waals surface area contributed by atoms with Crippen molar-refractivity contribution in [2.45, 2.75) is 45.2 Å². The number of rotatable bonds is 1. The molecule has 0 radical (unpaired) electrons. The standard InChI is InChI=1S/C14H18BrFN2O/c1-8-4-3-5-9(2)18(8)14(19)10-6-13(17)12(16)7-11(10)15/h6-9H,3-5,17H2,1-2H3/t8-,9+. The highest BCUT2D eigenvalue weighted by atomic mass is 79.9. The molecule has 1 aromatic rings. The van der Waals surface area contributed by atoms with Crippen LogP contribution in [0.5, 0.6) is 0 Å². The van der Waals surface area contributed by atoms with E-state index in [9.17, 15) is 9.18 Å². The predicted octanol–water partition coefficient (Wildman–Crippen LogP) is 3.57. The van der Waals surface area contributed by atoms with Gasteiger partial charge in [-0.25, -0.2) is 4.39 Å². The Morgan fingerprint density at radius 3 is 2.53 bits per heavy atom. The van der Waals surface area contributed by atoms with Gasteiger partial charge in [-0.05, 0) is 61.2 Å². The van der Waals surface area contributed by atoms with E-state index in [4.69, 9.17) is 5.73 Å². The summed E-state index contributed by atoms with van der Waals surface area (Å²) in [4.78, 5) is 14.5. The lowest BCUT2D eigenvalue weighted by molar-refractivity contribution is 0.0510. The monoisotopic (exact) mass is 328 g/mol. The molecule has 2 N–H and O–H groups in total. The molecule has 2 atom stereocenters. The van der Waals surface area contributed by atoms with Crippen molar-refractivity contribution in [1.82, 2.24) is 4.90 Å². The Hall–Kier alpha value is -1.10. The van der Waals surface area contributed by atoms with Crippen LogP contribution in [0.2, 0.25) is 0 Å². The zero-order chi connectivity index (χ0) is 14.2. The molecule has 1 aromatic carbocycles. The molecule has 19 heavy (non-hydrogen) atoms. The number of carbonyl (C=O) groups excluding carboxylic acids is 1. The maximum absolute atomic E-state index is 13.3. The van der Waals surface area contributed by atoms with Gasteiger partial charge in [0.05, 0.1) is 11.3 Å². The summed E-state index contributed by atoms with van der Waals surface area (Å²) >= 11 is 3.25. The highest BCUT2D eigenvalue weighted by Gasteiger charge is 2.30. The van der Waals surface area contributed by atoms with Gasteiger partial charge in [-0.2, -0.15) is 0 Å². The number of amides is 1. The summed E-state index contributed by atoms with van der Waals surface area (Å²) in [6.07, 6.45) is 3.15. The van der Waals surface area contributed by atoms with Crippen LogP contribution < -0.4 is 5.73 Å². The topological polar surface area (TPSA) is 46.3 Å². The lowest BCUT2D eigenvalue weighted by Gasteiger charge is -2.39. The zero-order valence-electron chi connectivity index (χ0n) is 11.1. The number of benzene rings is 1. The fourth-order valence-corrected chi connectivity index (χ4v) is 3.18. The minimum atomic E-state index is -0.511. The molecule has 1 aliphatic rings. The molecule has 3 nitrogen and oxygen atoms in total. The van der Waals surface area contributed by atoms with E-state index >= 15 is 0 Å². The maximum atomic E-state index is 13.3. The third kappa shape index (κ3) is 2.76. The molecule has 2 rings (SSSR count). The van der Waals surface area contributed by atoms with E-state index in [1.54, 1.807) is 0 Å². The summed E-state index contributed by atoms with van der Waals surface area (Å²) in [6.45, 7) is 4.10. The van der Waals surface area contributed by atoms with Crippen molar-refractivity contribution in [3.05, 3.63) is 28.0 Å². The number of piperidine rings is 1. The van der Waals surface area contributed by atoms with Crippen LogP contribution in [0.4, 0.5) is 10.1 Å². The number of carbonyl (C=O) groups is 1. The first-order valence-corrected chi connectivity index (χ1v) is 7.28. The zero-order valence-corrected chi connectivity index (χ0v) is 12.7. The molecule has 1 fully saturated rings. The first-order chi connectivity index (χ1) is 8.91. The quantitative estimate of drug-likeness (QED) is 0.801. The van der Waals surface area contributed by atoms with Crippen LogP contribution in [-0.2, 0) is 0 Å². The van der Waals surface area contributed by atoms with E-state index in [2.05, 4.69) is 15.9 Å². The van der Waals surface area contributed by atoms with Gasteiger partial charge in [0, 0.05) is 16.6 Å². The third-order valence-electron chi connectivity index (χ3n) is 3.74. The maximum Gasteiger partial charge on any atom is 0.255 e. The van der Waals surface area contributed by atoms with E-state index in [-0.39, 0.29) is 23.7 Å². The summed E-state index contributed by atoms with van der Waals surface area (Å²) < 4.78 is 13.8. The van der Waals surface area contributed by atoms with Crippen molar-refractivity contribution in [2.24, 2.45) is 0 Å². The van der Waals surface area contributed by atoms with Gasteiger partial charge in [0.15, 0.2) is 0 Å². The number of nitrogens with two attached hydrogens (primary N) is 1. The molecular weight excluding hydrogens is 311 g/mol. The van der Waals surface area contributed by atoms with Gasteiger partial charge in [0.25, 0.3) is 5.91 Å². The Bertz CT molecular complexity index is 496. The average molecular weight is 329 g/mol. The molecule has 0 spiro atoms. The molecule has 5 heteroatoms. The molecule has 1 saturated heterocycles. The molecule has 1 heterocycles. The molecule has 0 unspecified atom stereocenters. The Labute approximate surface area is 121 Å². The fourth-order valence-electron chi connectivity index (χ4n) is 2.69. The number of hydrogen-bond donors (Lipinski definition) is 1. The van der Waals surface area contributed by atoms with Gasteiger partial charge in [-0.3, -0.25) is 4.79 Å². The van der Waals surface area contributed by atoms with E-state index in [0.717, 1.165) is 19.3 Å². The van der Waals surface area contributed by atoms with Crippen LogP contribution in [0.15, 0.2) is 16.6 Å². The number of anilines is 1. The highest BCUT2D eigenvalue weighted by molar-refractivity contribution is 9.10. The predicted molar refractivity (Wildman–Crippen MR) is 77.5 cm³/mol. The molecule has 0 saturated carbocycles. The number of nitrogen functional groups attached to an aromatic ring is 1. The van der Waals surface area contributed by atoms with Crippen molar-refractivity contribution in [2.75, 3.05) is 5.73 Å². The van der Waals surface area contributed by atoms with Crippen molar-refractivity contribution >= 4 is 27.5 Å². The van der Waals surface area contributed by atoms with Gasteiger partial charge >= 0.3 is 0 Å². The summed E-state index contributed by atoms with van der Waals surface area (Å²) in [5.41, 5.74) is 5.99. The van der Waals surface area contributed by atoms with Crippen molar-refractivity contribution in [3.63, 3.8) is 0 Å². The van der Waals surface area contributed by atoms with Crippen LogP contribution in [0.1, 0.15) is 43.5 Å². The number of nitrogens with zero attached hydrogens (tertiary/aromatic N) is 1. The lowest BCUT2D eigenvalue weighted by Crippen LogP contribution is -2.47. The Balaban J connectivity index is 2.35. The third-order valence-corrected chi connectivity index (χ3v) is 4.40. The molecule has 0 aromatic heterocycles. The van der Waals surface area contributed by atoms with Crippen LogP contribution in [0.3, 0.4) is 0 Å². The van der Waals surface area contributed by atoms with Crippen molar-refractivity contribution in [3.8, 4) is 0 Å². The minimum Gasteiger partial charge on any atom is -0.396 e. The largest absolute Gasteiger partial charge is 0.396 e. The van der Waals surface area contributed by atoms with Gasteiger partial charge < -0.3 is 10.6 Å². The average Bonchev–Trinajstić information content (AvgIpc) is 2.33. The van der Waals surface area contributed by atoms with E-state index in [1.165, 1.54) is 12.1 Å². The first-order valence-electron chi connectivity index (χ1n) is 6.49.